The summed E-state index contributed by atoms with van der Waals surface area (Å²) < 4.78 is 15.2. The summed E-state index contributed by atoms with van der Waals surface area (Å²) in [5.74, 6) is 0.119. The molecule has 148 valence electrons. The summed E-state index contributed by atoms with van der Waals surface area (Å²) in [4.78, 5) is 29.0. The maximum atomic E-state index is 13.8. The van der Waals surface area contributed by atoms with Crippen molar-refractivity contribution >= 4 is 22.5 Å². The molecule has 0 aliphatic heterocycles. The third-order valence-electron chi connectivity index (χ3n) is 5.07. The molecule has 0 amide bonds. The van der Waals surface area contributed by atoms with Gasteiger partial charge in [0, 0.05) is 11.7 Å². The molecule has 0 spiro atoms. The van der Waals surface area contributed by atoms with Gasteiger partial charge in [-0.05, 0) is 36.2 Å². The summed E-state index contributed by atoms with van der Waals surface area (Å²) in [5.41, 5.74) is 3.62. The second-order valence-electron chi connectivity index (χ2n) is 6.98. The number of aromatic amines is 1. The SMILES string of the molecule is CC(Nc1ncnc2nc[nH]c12)c1cc2ccc(F)cn2c(=O)c1-c1ccccc1. The van der Waals surface area contributed by atoms with Crippen LogP contribution in [-0.2, 0) is 0 Å². The molecule has 0 radical (unpaired) electrons. The molecular formula is C22H17FN6O. The van der Waals surface area contributed by atoms with Gasteiger partial charge in [0.1, 0.15) is 17.7 Å². The van der Waals surface area contributed by atoms with Gasteiger partial charge in [0.2, 0.25) is 0 Å². The minimum absolute atomic E-state index is 0.274. The molecule has 5 aromatic rings. The van der Waals surface area contributed by atoms with Gasteiger partial charge in [-0.2, -0.15) is 0 Å². The Morgan fingerprint density at radius 3 is 2.77 bits per heavy atom. The van der Waals surface area contributed by atoms with E-state index in [1.807, 2.05) is 43.3 Å². The Hall–Kier alpha value is -4.07. The first-order chi connectivity index (χ1) is 14.6. The molecule has 4 heterocycles. The van der Waals surface area contributed by atoms with Crippen LogP contribution in [0.25, 0.3) is 27.8 Å². The van der Waals surface area contributed by atoms with Crippen LogP contribution in [0, 0.1) is 5.82 Å². The quantitative estimate of drug-likeness (QED) is 0.477. The monoisotopic (exact) mass is 400 g/mol. The van der Waals surface area contributed by atoms with Crippen LogP contribution in [0.5, 0.6) is 0 Å². The van der Waals surface area contributed by atoms with Crippen molar-refractivity contribution < 1.29 is 4.39 Å². The number of anilines is 1. The Morgan fingerprint density at radius 1 is 1.10 bits per heavy atom. The van der Waals surface area contributed by atoms with Gasteiger partial charge in [-0.3, -0.25) is 9.20 Å². The molecule has 1 atom stereocenters. The van der Waals surface area contributed by atoms with Crippen LogP contribution in [-0.4, -0.2) is 24.3 Å². The number of imidazole rings is 1. The fraction of sp³-hybridized carbons (Fsp3) is 0.0909. The van der Waals surface area contributed by atoms with Gasteiger partial charge in [0.05, 0.1) is 17.9 Å². The number of fused-ring (bicyclic) bond motifs is 2. The average Bonchev–Trinajstić information content (AvgIpc) is 3.24. The maximum absolute atomic E-state index is 13.8. The largest absolute Gasteiger partial charge is 0.362 e. The first kappa shape index (κ1) is 18.0. The van der Waals surface area contributed by atoms with Crippen molar-refractivity contribution in [2.24, 2.45) is 0 Å². The lowest BCUT2D eigenvalue weighted by atomic mass is 9.96. The van der Waals surface area contributed by atoms with E-state index in [0.717, 1.165) is 11.1 Å². The number of nitrogens with one attached hydrogen (secondary N) is 2. The number of hydrogen-bond acceptors (Lipinski definition) is 5. The number of hydrogen-bond donors (Lipinski definition) is 2. The Kier molecular flexibility index (Phi) is 4.24. The highest BCUT2D eigenvalue weighted by Crippen LogP contribution is 2.29. The minimum Gasteiger partial charge on any atom is -0.362 e. The van der Waals surface area contributed by atoms with Crippen LogP contribution < -0.4 is 10.9 Å². The fourth-order valence-electron chi connectivity index (χ4n) is 3.65. The Labute approximate surface area is 170 Å². The minimum atomic E-state index is -0.467. The highest BCUT2D eigenvalue weighted by molar-refractivity contribution is 5.82. The second-order valence-corrected chi connectivity index (χ2v) is 6.98. The summed E-state index contributed by atoms with van der Waals surface area (Å²) in [6, 6.07) is 13.9. The van der Waals surface area contributed by atoms with Crippen molar-refractivity contribution in [3.8, 4) is 11.1 Å². The van der Waals surface area contributed by atoms with Gasteiger partial charge in [-0.15, -0.1) is 0 Å². The summed E-state index contributed by atoms with van der Waals surface area (Å²) in [6.45, 7) is 1.95. The molecule has 5 rings (SSSR count). The van der Waals surface area contributed by atoms with E-state index in [4.69, 9.17) is 0 Å². The summed E-state index contributed by atoms with van der Waals surface area (Å²) in [7, 11) is 0. The van der Waals surface area contributed by atoms with Crippen LogP contribution in [0.15, 0.2) is 72.2 Å². The molecule has 30 heavy (non-hydrogen) atoms. The van der Waals surface area contributed by atoms with Gasteiger partial charge in [0.15, 0.2) is 11.5 Å². The predicted octanol–water partition coefficient (Wildman–Crippen LogP) is 3.95. The Balaban J connectivity index is 1.70. The van der Waals surface area contributed by atoms with E-state index >= 15 is 0 Å². The van der Waals surface area contributed by atoms with E-state index in [1.165, 1.54) is 23.0 Å². The number of aromatic nitrogens is 5. The van der Waals surface area contributed by atoms with Gasteiger partial charge >= 0.3 is 0 Å². The summed E-state index contributed by atoms with van der Waals surface area (Å²) in [6.07, 6.45) is 4.21. The van der Waals surface area contributed by atoms with Crippen LogP contribution in [0.4, 0.5) is 10.2 Å². The number of H-pyrrole nitrogens is 1. The Bertz CT molecular complexity index is 1430. The zero-order valence-electron chi connectivity index (χ0n) is 16.0. The molecule has 0 fully saturated rings. The maximum Gasteiger partial charge on any atom is 0.263 e. The normalized spacial score (nSPS) is 12.3. The molecule has 7 nitrogen and oxygen atoms in total. The molecule has 0 bridgehead atoms. The molecule has 2 N–H and O–H groups in total. The first-order valence-electron chi connectivity index (χ1n) is 9.42. The summed E-state index contributed by atoms with van der Waals surface area (Å²) in [5, 5.41) is 3.36. The molecule has 1 unspecified atom stereocenters. The van der Waals surface area contributed by atoms with Gasteiger partial charge in [-0.1, -0.05) is 30.3 Å². The van der Waals surface area contributed by atoms with Crippen LogP contribution in [0.3, 0.4) is 0 Å². The lowest BCUT2D eigenvalue weighted by Gasteiger charge is -2.20. The van der Waals surface area contributed by atoms with Crippen molar-refractivity contribution in [3.63, 3.8) is 0 Å². The average molecular weight is 400 g/mol. The van der Waals surface area contributed by atoms with E-state index in [9.17, 15) is 9.18 Å². The van der Waals surface area contributed by atoms with E-state index in [1.54, 1.807) is 12.4 Å². The zero-order valence-corrected chi connectivity index (χ0v) is 16.0. The van der Waals surface area contributed by atoms with Crippen LogP contribution in [0.2, 0.25) is 0 Å². The van der Waals surface area contributed by atoms with Gasteiger partial charge < -0.3 is 10.3 Å². The van der Waals surface area contributed by atoms with E-state index in [0.29, 0.717) is 28.1 Å². The van der Waals surface area contributed by atoms with E-state index in [-0.39, 0.29) is 11.6 Å². The smallest absolute Gasteiger partial charge is 0.263 e. The third kappa shape index (κ3) is 2.98. The second kappa shape index (κ2) is 7.07. The molecule has 0 saturated carbocycles. The molecule has 0 aliphatic carbocycles. The molecule has 4 aromatic heterocycles. The van der Waals surface area contributed by atoms with Crippen molar-refractivity contribution in [3.05, 3.63) is 89.1 Å². The highest BCUT2D eigenvalue weighted by Gasteiger charge is 2.19. The first-order valence-corrected chi connectivity index (χ1v) is 9.42. The number of benzene rings is 1. The number of nitrogens with zero attached hydrogens (tertiary/aromatic N) is 4. The standard InChI is InChI=1S/C22H17FN6O/c1-13(28-21-19-20(25-11-24-19)26-12-27-21)17-9-16-8-7-15(23)10-29(16)22(30)18(17)14-5-3-2-4-6-14/h2-13H,1H3,(H2,24,25,26,27,28). The lowest BCUT2D eigenvalue weighted by molar-refractivity contribution is 0.618. The topological polar surface area (TPSA) is 88.0 Å². The van der Waals surface area contributed by atoms with Crippen molar-refractivity contribution in [2.45, 2.75) is 13.0 Å². The van der Waals surface area contributed by atoms with Crippen LogP contribution in [0.1, 0.15) is 18.5 Å². The van der Waals surface area contributed by atoms with Gasteiger partial charge in [-0.25, -0.2) is 19.3 Å². The van der Waals surface area contributed by atoms with Gasteiger partial charge in [0.25, 0.3) is 5.56 Å². The van der Waals surface area contributed by atoms with Crippen molar-refractivity contribution in [1.29, 1.82) is 0 Å². The number of rotatable bonds is 4. The molecule has 0 aliphatic rings. The number of pyridine rings is 2. The molecule has 1 aromatic carbocycles. The summed E-state index contributed by atoms with van der Waals surface area (Å²) >= 11 is 0. The predicted molar refractivity (Wildman–Crippen MR) is 113 cm³/mol. The van der Waals surface area contributed by atoms with E-state index < -0.39 is 5.82 Å². The highest BCUT2D eigenvalue weighted by atomic mass is 19.1. The molecule has 8 heteroatoms. The molecular weight excluding hydrogens is 383 g/mol. The van der Waals surface area contributed by atoms with E-state index in [2.05, 4.69) is 25.3 Å². The zero-order chi connectivity index (χ0) is 20.7. The third-order valence-corrected chi connectivity index (χ3v) is 5.07. The van der Waals surface area contributed by atoms with Crippen molar-refractivity contribution in [2.75, 3.05) is 5.32 Å². The van der Waals surface area contributed by atoms with Crippen molar-refractivity contribution in [1.82, 2.24) is 24.3 Å². The number of halogens is 1. The Morgan fingerprint density at radius 2 is 1.93 bits per heavy atom. The fourth-order valence-corrected chi connectivity index (χ4v) is 3.65. The molecule has 0 saturated heterocycles. The van der Waals surface area contributed by atoms with Crippen LogP contribution >= 0.6 is 0 Å². The lowest BCUT2D eigenvalue weighted by Crippen LogP contribution is -2.21.